The topological polar surface area (TPSA) is 41.5 Å². The summed E-state index contributed by atoms with van der Waals surface area (Å²) in [5, 5.41) is 14.1. The second-order valence-electron chi connectivity index (χ2n) is 4.88. The highest BCUT2D eigenvalue weighted by Crippen LogP contribution is 2.27. The fraction of sp³-hybridized carbons (Fsp3) is 0.600. The van der Waals surface area contributed by atoms with Crippen molar-refractivity contribution in [1.29, 1.82) is 0 Å². The van der Waals surface area contributed by atoms with Crippen LogP contribution in [0.1, 0.15) is 26.7 Å². The van der Waals surface area contributed by atoms with Crippen LogP contribution in [0.25, 0.3) is 0 Å². The number of hydrogen-bond donors (Lipinski definition) is 2. The summed E-state index contributed by atoms with van der Waals surface area (Å²) in [5.74, 6) is 1.20. The maximum atomic E-state index is 9.86. The molecule has 0 radical (unpaired) electrons. The van der Waals surface area contributed by atoms with Gasteiger partial charge in [0.15, 0.2) is 0 Å². The molecular weight excluding hydrogens is 297 g/mol. The summed E-state index contributed by atoms with van der Waals surface area (Å²) in [6.07, 6.45) is 1.74. The lowest BCUT2D eigenvalue weighted by atomic mass is 10.0. The van der Waals surface area contributed by atoms with Gasteiger partial charge in [-0.05, 0) is 30.7 Å². The van der Waals surface area contributed by atoms with E-state index in [1.54, 1.807) is 18.2 Å². The van der Waals surface area contributed by atoms with E-state index in [0.717, 1.165) is 19.4 Å². The van der Waals surface area contributed by atoms with E-state index in [2.05, 4.69) is 19.2 Å². The summed E-state index contributed by atoms with van der Waals surface area (Å²) in [4.78, 5) is 0. The Balaban J connectivity index is 2.27. The Morgan fingerprint density at radius 2 is 1.90 bits per heavy atom. The number of aliphatic hydroxyl groups excluding tert-OH is 1. The molecule has 0 spiro atoms. The second kappa shape index (κ2) is 9.46. The van der Waals surface area contributed by atoms with Gasteiger partial charge in [0.2, 0.25) is 0 Å². The van der Waals surface area contributed by atoms with E-state index >= 15 is 0 Å². The number of aliphatic hydroxyl groups is 1. The summed E-state index contributed by atoms with van der Waals surface area (Å²) in [6, 6.07) is 5.03. The molecule has 1 atom stereocenters. The molecule has 0 aliphatic rings. The van der Waals surface area contributed by atoms with Crippen molar-refractivity contribution in [2.24, 2.45) is 5.92 Å². The molecule has 114 valence electrons. The SMILES string of the molecule is CCC(CC)CNCC(O)COc1ccc(Cl)cc1Cl. The Bertz CT molecular complexity index is 397. The molecule has 20 heavy (non-hydrogen) atoms. The van der Waals surface area contributed by atoms with E-state index in [-0.39, 0.29) is 6.61 Å². The summed E-state index contributed by atoms with van der Waals surface area (Å²) in [7, 11) is 0. The number of hydrogen-bond acceptors (Lipinski definition) is 3. The zero-order chi connectivity index (χ0) is 15.0. The van der Waals surface area contributed by atoms with Crippen LogP contribution in [-0.4, -0.2) is 30.9 Å². The Hall–Kier alpha value is -0.480. The molecule has 0 aromatic heterocycles. The smallest absolute Gasteiger partial charge is 0.138 e. The van der Waals surface area contributed by atoms with Crippen LogP contribution in [0, 0.1) is 5.92 Å². The highest BCUT2D eigenvalue weighted by molar-refractivity contribution is 6.35. The summed E-state index contributed by atoms with van der Waals surface area (Å²) in [6.45, 7) is 6.00. The van der Waals surface area contributed by atoms with Crippen molar-refractivity contribution >= 4 is 23.2 Å². The van der Waals surface area contributed by atoms with Gasteiger partial charge in [-0.1, -0.05) is 49.9 Å². The fourth-order valence-corrected chi connectivity index (χ4v) is 2.33. The predicted molar refractivity (Wildman–Crippen MR) is 84.9 cm³/mol. The van der Waals surface area contributed by atoms with E-state index < -0.39 is 6.10 Å². The first-order valence-electron chi connectivity index (χ1n) is 7.03. The minimum absolute atomic E-state index is 0.206. The number of rotatable bonds is 9. The fourth-order valence-electron chi connectivity index (χ4n) is 1.87. The van der Waals surface area contributed by atoms with Crippen LogP contribution in [0.5, 0.6) is 5.75 Å². The van der Waals surface area contributed by atoms with Gasteiger partial charge in [0.25, 0.3) is 0 Å². The predicted octanol–water partition coefficient (Wildman–Crippen LogP) is 3.76. The molecule has 0 saturated carbocycles. The van der Waals surface area contributed by atoms with E-state index in [1.165, 1.54) is 0 Å². The quantitative estimate of drug-likeness (QED) is 0.728. The lowest BCUT2D eigenvalue weighted by Crippen LogP contribution is -2.34. The maximum Gasteiger partial charge on any atom is 0.138 e. The third-order valence-electron chi connectivity index (χ3n) is 3.29. The molecule has 0 bridgehead atoms. The Labute approximate surface area is 131 Å². The van der Waals surface area contributed by atoms with Crippen molar-refractivity contribution < 1.29 is 9.84 Å². The summed E-state index contributed by atoms with van der Waals surface area (Å²) >= 11 is 11.8. The second-order valence-corrected chi connectivity index (χ2v) is 5.72. The van der Waals surface area contributed by atoms with Gasteiger partial charge in [0, 0.05) is 11.6 Å². The molecule has 0 fully saturated rings. The van der Waals surface area contributed by atoms with Gasteiger partial charge in [-0.25, -0.2) is 0 Å². The third kappa shape index (κ3) is 6.31. The van der Waals surface area contributed by atoms with Crippen molar-refractivity contribution in [3.8, 4) is 5.75 Å². The number of benzene rings is 1. The average Bonchev–Trinajstić information content (AvgIpc) is 2.42. The molecule has 0 aliphatic carbocycles. The van der Waals surface area contributed by atoms with Crippen LogP contribution < -0.4 is 10.1 Å². The van der Waals surface area contributed by atoms with Crippen molar-refractivity contribution in [3.05, 3.63) is 28.2 Å². The highest BCUT2D eigenvalue weighted by atomic mass is 35.5. The molecule has 5 heteroatoms. The van der Waals surface area contributed by atoms with E-state index in [0.29, 0.717) is 28.3 Å². The standard InChI is InChI=1S/C15H23Cl2NO2/c1-3-11(4-2)8-18-9-13(19)10-20-15-6-5-12(16)7-14(15)17/h5-7,11,13,18-19H,3-4,8-10H2,1-2H3. The third-order valence-corrected chi connectivity index (χ3v) is 3.82. The van der Waals surface area contributed by atoms with Gasteiger partial charge < -0.3 is 15.2 Å². The molecule has 1 aromatic carbocycles. The lowest BCUT2D eigenvalue weighted by molar-refractivity contribution is 0.105. The Morgan fingerprint density at radius 1 is 1.20 bits per heavy atom. The first kappa shape index (κ1) is 17.6. The Morgan fingerprint density at radius 3 is 2.50 bits per heavy atom. The lowest BCUT2D eigenvalue weighted by Gasteiger charge is -2.17. The van der Waals surface area contributed by atoms with Crippen LogP contribution >= 0.6 is 23.2 Å². The summed E-state index contributed by atoms with van der Waals surface area (Å²) in [5.41, 5.74) is 0. The maximum absolute atomic E-state index is 9.86. The minimum atomic E-state index is -0.559. The van der Waals surface area contributed by atoms with Gasteiger partial charge in [-0.3, -0.25) is 0 Å². The summed E-state index contributed by atoms with van der Waals surface area (Å²) < 4.78 is 5.48. The number of nitrogens with one attached hydrogen (secondary N) is 1. The normalized spacial score (nSPS) is 12.7. The minimum Gasteiger partial charge on any atom is -0.489 e. The van der Waals surface area contributed by atoms with Crippen LogP contribution in [-0.2, 0) is 0 Å². The monoisotopic (exact) mass is 319 g/mol. The molecule has 0 heterocycles. The van der Waals surface area contributed by atoms with Crippen LogP contribution in [0.15, 0.2) is 18.2 Å². The van der Waals surface area contributed by atoms with Crippen LogP contribution in [0.4, 0.5) is 0 Å². The van der Waals surface area contributed by atoms with Crippen molar-refractivity contribution in [3.63, 3.8) is 0 Å². The van der Waals surface area contributed by atoms with Crippen LogP contribution in [0.3, 0.4) is 0 Å². The number of halogens is 2. The molecule has 3 nitrogen and oxygen atoms in total. The molecular formula is C15H23Cl2NO2. The molecule has 0 amide bonds. The van der Waals surface area contributed by atoms with Crippen molar-refractivity contribution in [2.45, 2.75) is 32.8 Å². The molecule has 1 unspecified atom stereocenters. The molecule has 2 N–H and O–H groups in total. The largest absolute Gasteiger partial charge is 0.489 e. The van der Waals surface area contributed by atoms with E-state index in [1.807, 2.05) is 0 Å². The van der Waals surface area contributed by atoms with Gasteiger partial charge in [0.05, 0.1) is 5.02 Å². The average molecular weight is 320 g/mol. The van der Waals surface area contributed by atoms with Gasteiger partial charge >= 0.3 is 0 Å². The number of ether oxygens (including phenoxy) is 1. The molecule has 0 aliphatic heterocycles. The van der Waals surface area contributed by atoms with Gasteiger partial charge in [0.1, 0.15) is 18.5 Å². The highest BCUT2D eigenvalue weighted by Gasteiger charge is 2.09. The van der Waals surface area contributed by atoms with Crippen molar-refractivity contribution in [1.82, 2.24) is 5.32 Å². The molecule has 0 saturated heterocycles. The van der Waals surface area contributed by atoms with E-state index in [4.69, 9.17) is 27.9 Å². The van der Waals surface area contributed by atoms with E-state index in [9.17, 15) is 5.11 Å². The first-order valence-corrected chi connectivity index (χ1v) is 7.79. The zero-order valence-corrected chi connectivity index (χ0v) is 13.5. The van der Waals surface area contributed by atoms with Crippen LogP contribution in [0.2, 0.25) is 10.0 Å². The zero-order valence-electron chi connectivity index (χ0n) is 12.0. The molecule has 1 aromatic rings. The van der Waals surface area contributed by atoms with Crippen molar-refractivity contribution in [2.75, 3.05) is 19.7 Å². The Kier molecular flexibility index (Phi) is 8.31. The van der Waals surface area contributed by atoms with Gasteiger partial charge in [-0.15, -0.1) is 0 Å². The first-order chi connectivity index (χ1) is 9.56. The molecule has 1 rings (SSSR count). The van der Waals surface area contributed by atoms with Gasteiger partial charge in [-0.2, -0.15) is 0 Å².